The maximum atomic E-state index is 13.0. The van der Waals surface area contributed by atoms with Crippen LogP contribution in [0.1, 0.15) is 63.3 Å². The van der Waals surface area contributed by atoms with Gasteiger partial charge in [-0.25, -0.2) is 14.5 Å². The summed E-state index contributed by atoms with van der Waals surface area (Å²) in [5, 5.41) is 5.02. The molecule has 0 spiro atoms. The van der Waals surface area contributed by atoms with Crippen molar-refractivity contribution < 1.29 is 19.0 Å². The summed E-state index contributed by atoms with van der Waals surface area (Å²) in [6.07, 6.45) is 6.53. The first-order valence-electron chi connectivity index (χ1n) is 16.6. The quantitative estimate of drug-likeness (QED) is 0.135. The molecule has 47 heavy (non-hydrogen) atoms. The minimum atomic E-state index is -1.27. The summed E-state index contributed by atoms with van der Waals surface area (Å²) < 4.78 is 22.0. The molecule has 6 heterocycles. The Bertz CT molecular complexity index is 1730. The fraction of sp³-hybridized carbons (Fsp3) is 0.514. The van der Waals surface area contributed by atoms with Crippen LogP contribution in [0.4, 0.5) is 4.79 Å². The molecule has 1 unspecified atom stereocenters. The van der Waals surface area contributed by atoms with Crippen molar-refractivity contribution in [3.8, 4) is 34.0 Å². The number of nitrogens with zero attached hydrogens (tertiary/aromatic N) is 7. The molecule has 0 N–H and O–H groups in total. The van der Waals surface area contributed by atoms with Gasteiger partial charge in [-0.05, 0) is 82.8 Å². The molecule has 12 heteroatoms. The van der Waals surface area contributed by atoms with Crippen LogP contribution in [0.25, 0.3) is 34.0 Å². The highest BCUT2D eigenvalue weighted by molar-refractivity contribution is 6.76. The average molecular weight is 658 g/mol. The number of hydrogen-bond acceptors (Lipinski definition) is 8. The molecule has 6 rings (SSSR count). The highest BCUT2D eigenvalue weighted by Crippen LogP contribution is 2.36. The highest BCUT2D eigenvalue weighted by Gasteiger charge is 2.33. The van der Waals surface area contributed by atoms with Crippen LogP contribution in [-0.2, 0) is 34.0 Å². The fourth-order valence-corrected chi connectivity index (χ4v) is 6.61. The Balaban J connectivity index is 1.36. The van der Waals surface area contributed by atoms with Crippen molar-refractivity contribution >= 4 is 14.2 Å². The number of rotatable bonds is 9. The van der Waals surface area contributed by atoms with Crippen LogP contribution < -0.4 is 0 Å². The Labute approximate surface area is 278 Å². The first-order valence-corrected chi connectivity index (χ1v) is 20.3. The predicted octanol–water partition coefficient (Wildman–Crippen LogP) is 7.44. The van der Waals surface area contributed by atoms with Gasteiger partial charge in [-0.1, -0.05) is 25.7 Å². The molecule has 0 saturated carbocycles. The molecule has 0 aliphatic carbocycles. The summed E-state index contributed by atoms with van der Waals surface area (Å²) in [4.78, 5) is 29.3. The summed E-state index contributed by atoms with van der Waals surface area (Å²) in [7, 11) is -1.27. The SMILES string of the molecule is Cc1cccc(-c2nn(C3CCCCO3)cc2-c2ccnc(-c3nc4c(n3COCC[Si](C)(C)C)CN(C(=O)OC(C)(C)C)C4)c2)n1. The third-order valence-corrected chi connectivity index (χ3v) is 10.0. The minimum absolute atomic E-state index is 0.106. The number of aryl methyl sites for hydroxylation is 1. The molecular formula is C35H47N7O4Si. The molecule has 1 fully saturated rings. The van der Waals surface area contributed by atoms with E-state index in [0.29, 0.717) is 32.3 Å². The monoisotopic (exact) mass is 657 g/mol. The average Bonchev–Trinajstić information content (AvgIpc) is 3.73. The fourth-order valence-electron chi connectivity index (χ4n) is 5.85. The summed E-state index contributed by atoms with van der Waals surface area (Å²) in [6, 6.07) is 11.1. The molecule has 4 aromatic heterocycles. The number of imidazole rings is 1. The number of carbonyl (C=O) groups is 1. The van der Waals surface area contributed by atoms with Crippen molar-refractivity contribution in [2.24, 2.45) is 0 Å². The standard InChI is InChI=1S/C35H47N7O4Si/c1-24-11-10-12-27(37-24)32-26(20-42(39-32)31-13-8-9-16-45-31)25-14-15-36-28(19-25)33-38-29-21-40(34(43)46-35(2,3)4)22-30(29)41(33)23-44-17-18-47(5,6)7/h10-12,14-15,19-20,31H,8-9,13,16-18,21-23H2,1-7H3. The predicted molar refractivity (Wildman–Crippen MR) is 183 cm³/mol. The van der Waals surface area contributed by atoms with Gasteiger partial charge in [0.15, 0.2) is 5.82 Å². The Hall–Kier alpha value is -3.87. The van der Waals surface area contributed by atoms with Gasteiger partial charge in [0.05, 0.1) is 30.2 Å². The Kier molecular flexibility index (Phi) is 9.37. The molecule has 2 aliphatic heterocycles. The van der Waals surface area contributed by atoms with Crippen LogP contribution in [0.15, 0.2) is 42.7 Å². The number of hydrogen-bond donors (Lipinski definition) is 0. The lowest BCUT2D eigenvalue weighted by Crippen LogP contribution is -2.34. The lowest BCUT2D eigenvalue weighted by atomic mass is 10.0. The highest BCUT2D eigenvalue weighted by atomic mass is 28.3. The Morgan fingerprint density at radius 1 is 1.09 bits per heavy atom. The van der Waals surface area contributed by atoms with Crippen LogP contribution in [0.2, 0.25) is 25.7 Å². The van der Waals surface area contributed by atoms with E-state index in [1.807, 2.05) is 62.8 Å². The van der Waals surface area contributed by atoms with E-state index in [4.69, 9.17) is 34.3 Å². The second-order valence-electron chi connectivity index (χ2n) is 14.7. The zero-order chi connectivity index (χ0) is 33.3. The van der Waals surface area contributed by atoms with Gasteiger partial charge in [0, 0.05) is 44.9 Å². The number of ether oxygens (including phenoxy) is 3. The van der Waals surface area contributed by atoms with E-state index >= 15 is 0 Å². The van der Waals surface area contributed by atoms with Crippen molar-refractivity contribution in [3.05, 3.63) is 59.8 Å². The summed E-state index contributed by atoms with van der Waals surface area (Å²) >= 11 is 0. The third kappa shape index (κ3) is 7.82. The number of aromatic nitrogens is 6. The van der Waals surface area contributed by atoms with Gasteiger partial charge in [-0.2, -0.15) is 5.10 Å². The largest absolute Gasteiger partial charge is 0.444 e. The van der Waals surface area contributed by atoms with E-state index in [2.05, 4.69) is 36.5 Å². The Morgan fingerprint density at radius 2 is 1.91 bits per heavy atom. The molecule has 4 aromatic rings. The van der Waals surface area contributed by atoms with E-state index in [1.54, 1.807) is 4.90 Å². The number of fused-ring (bicyclic) bond motifs is 1. The van der Waals surface area contributed by atoms with Crippen molar-refractivity contribution in [2.75, 3.05) is 13.2 Å². The maximum Gasteiger partial charge on any atom is 0.410 e. The molecule has 0 aromatic carbocycles. The van der Waals surface area contributed by atoms with Crippen LogP contribution in [0.3, 0.4) is 0 Å². The molecule has 0 bridgehead atoms. The van der Waals surface area contributed by atoms with E-state index in [1.165, 1.54) is 0 Å². The molecule has 250 valence electrons. The molecule has 11 nitrogen and oxygen atoms in total. The van der Waals surface area contributed by atoms with Crippen molar-refractivity contribution in [1.82, 2.24) is 34.2 Å². The van der Waals surface area contributed by atoms with Crippen LogP contribution in [-0.4, -0.2) is 67.2 Å². The summed E-state index contributed by atoms with van der Waals surface area (Å²) in [5.41, 5.74) is 6.37. The molecule has 1 amide bonds. The van der Waals surface area contributed by atoms with Gasteiger partial charge in [-0.15, -0.1) is 0 Å². The lowest BCUT2D eigenvalue weighted by Gasteiger charge is -2.24. The van der Waals surface area contributed by atoms with E-state index < -0.39 is 13.7 Å². The van der Waals surface area contributed by atoms with Gasteiger partial charge in [0.1, 0.15) is 29.9 Å². The second-order valence-corrected chi connectivity index (χ2v) is 20.3. The van der Waals surface area contributed by atoms with Crippen molar-refractivity contribution in [3.63, 3.8) is 0 Å². The van der Waals surface area contributed by atoms with E-state index in [-0.39, 0.29) is 12.3 Å². The molecule has 1 atom stereocenters. The first-order chi connectivity index (χ1) is 22.3. The molecule has 1 saturated heterocycles. The van der Waals surface area contributed by atoms with Gasteiger partial charge >= 0.3 is 6.09 Å². The zero-order valence-electron chi connectivity index (χ0n) is 28.7. The van der Waals surface area contributed by atoms with Crippen LogP contribution >= 0.6 is 0 Å². The minimum Gasteiger partial charge on any atom is -0.444 e. The van der Waals surface area contributed by atoms with Gasteiger partial charge in [-0.3, -0.25) is 14.9 Å². The first kappa shape index (κ1) is 33.0. The molecular weight excluding hydrogens is 611 g/mol. The third-order valence-electron chi connectivity index (χ3n) is 8.32. The molecule has 2 aliphatic rings. The smallest absolute Gasteiger partial charge is 0.410 e. The zero-order valence-corrected chi connectivity index (χ0v) is 29.7. The number of amides is 1. The number of pyridine rings is 2. The van der Waals surface area contributed by atoms with E-state index in [9.17, 15) is 4.79 Å². The topological polar surface area (TPSA) is 109 Å². The molecule has 0 radical (unpaired) electrons. The van der Waals surface area contributed by atoms with Gasteiger partial charge in [0.2, 0.25) is 0 Å². The van der Waals surface area contributed by atoms with E-state index in [0.717, 1.165) is 77.2 Å². The van der Waals surface area contributed by atoms with Gasteiger partial charge in [0.25, 0.3) is 0 Å². The number of carbonyl (C=O) groups excluding carboxylic acids is 1. The summed E-state index contributed by atoms with van der Waals surface area (Å²) in [6.45, 7) is 17.1. The van der Waals surface area contributed by atoms with Gasteiger partial charge < -0.3 is 18.8 Å². The maximum absolute atomic E-state index is 13.0. The Morgan fingerprint density at radius 3 is 2.64 bits per heavy atom. The van der Waals surface area contributed by atoms with Crippen LogP contribution in [0, 0.1) is 6.92 Å². The van der Waals surface area contributed by atoms with Crippen molar-refractivity contribution in [2.45, 2.75) is 104 Å². The van der Waals surface area contributed by atoms with Crippen LogP contribution in [0.5, 0.6) is 0 Å². The second kappa shape index (κ2) is 13.3. The summed E-state index contributed by atoms with van der Waals surface area (Å²) in [5.74, 6) is 0.715. The lowest BCUT2D eigenvalue weighted by molar-refractivity contribution is -0.0393. The normalized spacial score (nSPS) is 16.8. The van der Waals surface area contributed by atoms with Crippen molar-refractivity contribution in [1.29, 1.82) is 0 Å².